The van der Waals surface area contributed by atoms with Gasteiger partial charge in [0, 0.05) is 12.1 Å². The maximum atomic E-state index is 4.00. The van der Waals surface area contributed by atoms with Gasteiger partial charge in [0.2, 0.25) is 0 Å². The first-order valence-electron chi connectivity index (χ1n) is 7.73. The van der Waals surface area contributed by atoms with Crippen LogP contribution in [0.3, 0.4) is 0 Å². The molecule has 1 aromatic carbocycles. The van der Waals surface area contributed by atoms with Gasteiger partial charge in [-0.2, -0.15) is 0 Å². The van der Waals surface area contributed by atoms with Crippen molar-refractivity contribution in [3.05, 3.63) is 35.4 Å². The first-order valence-corrected chi connectivity index (χ1v) is 7.73. The minimum Gasteiger partial charge on any atom is -0.310 e. The van der Waals surface area contributed by atoms with Crippen molar-refractivity contribution in [3.63, 3.8) is 0 Å². The molecule has 0 amide bonds. The zero-order valence-corrected chi connectivity index (χ0v) is 10.8. The van der Waals surface area contributed by atoms with E-state index in [4.69, 9.17) is 0 Å². The molecule has 1 heteroatoms. The molecule has 4 aliphatic rings. The molecular weight excluding hydrogens is 218 g/mol. The Balaban J connectivity index is 1.29. The molecule has 1 N–H and O–H groups in total. The summed E-state index contributed by atoms with van der Waals surface area (Å²) >= 11 is 0. The van der Waals surface area contributed by atoms with Crippen LogP contribution in [0.4, 0.5) is 0 Å². The van der Waals surface area contributed by atoms with Gasteiger partial charge in [-0.1, -0.05) is 24.3 Å². The van der Waals surface area contributed by atoms with Crippen LogP contribution in [0, 0.1) is 23.7 Å². The molecule has 4 atom stereocenters. The molecule has 94 valence electrons. The fourth-order valence-electron chi connectivity index (χ4n) is 5.50. The Morgan fingerprint density at radius 2 is 1.50 bits per heavy atom. The van der Waals surface area contributed by atoms with Crippen molar-refractivity contribution in [3.8, 4) is 0 Å². The molecule has 0 saturated heterocycles. The lowest BCUT2D eigenvalue weighted by molar-refractivity contribution is 0.421. The average molecular weight is 239 g/mol. The summed E-state index contributed by atoms with van der Waals surface area (Å²) in [6.07, 6.45) is 7.17. The van der Waals surface area contributed by atoms with E-state index in [0.29, 0.717) is 0 Å². The summed E-state index contributed by atoms with van der Waals surface area (Å²) < 4.78 is 0. The van der Waals surface area contributed by atoms with E-state index in [9.17, 15) is 0 Å². The van der Waals surface area contributed by atoms with Crippen molar-refractivity contribution in [2.45, 2.75) is 44.2 Å². The Labute approximate surface area is 109 Å². The molecule has 1 nitrogen and oxygen atoms in total. The summed E-state index contributed by atoms with van der Waals surface area (Å²) in [5.74, 6) is 4.35. The fraction of sp³-hybridized carbons (Fsp3) is 0.647. The summed E-state index contributed by atoms with van der Waals surface area (Å²) in [7, 11) is 0. The highest BCUT2D eigenvalue weighted by Crippen LogP contribution is 2.65. The Kier molecular flexibility index (Phi) is 1.89. The lowest BCUT2D eigenvalue weighted by Gasteiger charge is -2.15. The van der Waals surface area contributed by atoms with Crippen LogP contribution in [-0.2, 0) is 12.8 Å². The van der Waals surface area contributed by atoms with Crippen LogP contribution < -0.4 is 5.32 Å². The van der Waals surface area contributed by atoms with Crippen LogP contribution in [0.1, 0.15) is 30.4 Å². The highest BCUT2D eigenvalue weighted by molar-refractivity contribution is 5.33. The van der Waals surface area contributed by atoms with Crippen LogP contribution in [0.25, 0.3) is 0 Å². The van der Waals surface area contributed by atoms with E-state index in [-0.39, 0.29) is 0 Å². The summed E-state index contributed by atoms with van der Waals surface area (Å²) in [6, 6.07) is 10.6. The first-order chi connectivity index (χ1) is 8.90. The van der Waals surface area contributed by atoms with Crippen LogP contribution in [0.5, 0.6) is 0 Å². The molecule has 0 aliphatic heterocycles. The highest BCUT2D eigenvalue weighted by atomic mass is 15.0. The number of fused-ring (bicyclic) bond motifs is 6. The first kappa shape index (κ1) is 10.0. The van der Waals surface area contributed by atoms with E-state index in [1.807, 2.05) is 0 Å². The molecule has 4 unspecified atom stereocenters. The zero-order chi connectivity index (χ0) is 11.7. The third-order valence-electron chi connectivity index (χ3n) is 6.21. The van der Waals surface area contributed by atoms with Crippen LogP contribution in [0.15, 0.2) is 24.3 Å². The zero-order valence-electron chi connectivity index (χ0n) is 10.8. The second kappa shape index (κ2) is 3.39. The van der Waals surface area contributed by atoms with Gasteiger partial charge in [-0.15, -0.1) is 0 Å². The van der Waals surface area contributed by atoms with Crippen molar-refractivity contribution in [2.24, 2.45) is 23.7 Å². The molecule has 1 aromatic rings. The van der Waals surface area contributed by atoms with Gasteiger partial charge >= 0.3 is 0 Å². The number of hydrogen-bond donors (Lipinski definition) is 1. The van der Waals surface area contributed by atoms with Crippen LogP contribution in [-0.4, -0.2) is 12.1 Å². The molecule has 0 radical (unpaired) electrons. The number of nitrogens with one attached hydrogen (secondary N) is 1. The third kappa shape index (κ3) is 1.26. The monoisotopic (exact) mass is 239 g/mol. The van der Waals surface area contributed by atoms with Crippen LogP contribution >= 0.6 is 0 Å². The fourth-order valence-corrected chi connectivity index (χ4v) is 5.50. The van der Waals surface area contributed by atoms with Gasteiger partial charge in [0.15, 0.2) is 0 Å². The Morgan fingerprint density at radius 3 is 2.11 bits per heavy atom. The van der Waals surface area contributed by atoms with Crippen molar-refractivity contribution < 1.29 is 0 Å². The normalized spacial score (nSPS) is 44.1. The average Bonchev–Trinajstić information content (AvgIpc) is 2.79. The minimum atomic E-state index is 0.734. The predicted octanol–water partition coefficient (Wildman–Crippen LogP) is 2.79. The molecular formula is C17H21N. The third-order valence-corrected chi connectivity index (χ3v) is 6.21. The molecule has 5 rings (SSSR count). The molecule has 0 aromatic heterocycles. The van der Waals surface area contributed by atoms with Gasteiger partial charge in [0.1, 0.15) is 0 Å². The van der Waals surface area contributed by atoms with Gasteiger partial charge in [-0.25, -0.2) is 0 Å². The van der Waals surface area contributed by atoms with E-state index < -0.39 is 0 Å². The smallest absolute Gasteiger partial charge is 0.0151 e. The van der Waals surface area contributed by atoms with E-state index in [2.05, 4.69) is 29.6 Å². The maximum absolute atomic E-state index is 4.00. The summed E-state index contributed by atoms with van der Waals surface area (Å²) in [6.45, 7) is 0. The van der Waals surface area contributed by atoms with Gasteiger partial charge in [-0.05, 0) is 66.9 Å². The van der Waals surface area contributed by atoms with Gasteiger partial charge in [-0.3, -0.25) is 0 Å². The molecule has 0 spiro atoms. The van der Waals surface area contributed by atoms with Gasteiger partial charge in [0.25, 0.3) is 0 Å². The summed E-state index contributed by atoms with van der Waals surface area (Å²) in [5.41, 5.74) is 3.17. The predicted molar refractivity (Wildman–Crippen MR) is 72.4 cm³/mol. The van der Waals surface area contributed by atoms with Gasteiger partial charge in [0.05, 0.1) is 0 Å². The molecule has 4 aliphatic carbocycles. The largest absolute Gasteiger partial charge is 0.310 e. The summed E-state index contributed by atoms with van der Waals surface area (Å²) in [5, 5.41) is 4.00. The van der Waals surface area contributed by atoms with Crippen molar-refractivity contribution >= 4 is 0 Å². The molecule has 2 bridgehead atoms. The van der Waals surface area contributed by atoms with E-state index >= 15 is 0 Å². The van der Waals surface area contributed by atoms with Gasteiger partial charge < -0.3 is 5.32 Å². The molecule has 3 saturated carbocycles. The lowest BCUT2D eigenvalue weighted by atomic mass is 10.0. The van der Waals surface area contributed by atoms with E-state index in [1.165, 1.54) is 25.7 Å². The second-order valence-electron chi connectivity index (χ2n) is 7.05. The molecule has 0 heterocycles. The number of rotatable bonds is 2. The Bertz CT molecular complexity index is 453. The van der Waals surface area contributed by atoms with E-state index in [0.717, 1.165) is 35.8 Å². The van der Waals surface area contributed by atoms with Crippen molar-refractivity contribution in [2.75, 3.05) is 0 Å². The summed E-state index contributed by atoms with van der Waals surface area (Å²) in [4.78, 5) is 0. The van der Waals surface area contributed by atoms with Crippen molar-refractivity contribution in [1.29, 1.82) is 0 Å². The van der Waals surface area contributed by atoms with Crippen LogP contribution in [0.2, 0.25) is 0 Å². The highest BCUT2D eigenvalue weighted by Gasteiger charge is 2.65. The van der Waals surface area contributed by atoms with E-state index in [1.54, 1.807) is 17.5 Å². The number of benzene rings is 1. The topological polar surface area (TPSA) is 12.0 Å². The minimum absolute atomic E-state index is 0.734. The van der Waals surface area contributed by atoms with Crippen molar-refractivity contribution in [1.82, 2.24) is 5.32 Å². The standard InChI is InChI=1S/C17H21N/c1-2-4-11-9-14(8-10(11)3-1)18-17-15-12-5-6-13(7-12)16(15)17/h1-4,12-18H,5-9H2. The lowest BCUT2D eigenvalue weighted by Crippen LogP contribution is -2.34. The second-order valence-corrected chi connectivity index (χ2v) is 7.05. The Hall–Kier alpha value is -0.820. The Morgan fingerprint density at radius 1 is 0.889 bits per heavy atom. The molecule has 18 heavy (non-hydrogen) atoms. The number of hydrogen-bond acceptors (Lipinski definition) is 1. The maximum Gasteiger partial charge on any atom is 0.0151 e. The molecule has 3 fully saturated rings. The SMILES string of the molecule is c1ccc2c(c1)CC(NC1C3C4CCC(C4)C13)C2. The quantitative estimate of drug-likeness (QED) is 0.837.